The Morgan fingerprint density at radius 3 is 2.59 bits per heavy atom. The molecule has 1 aromatic carbocycles. The quantitative estimate of drug-likeness (QED) is 0.837. The number of rotatable bonds is 2. The van der Waals surface area contributed by atoms with Crippen LogP contribution in [0.3, 0.4) is 0 Å². The first-order valence-electron chi connectivity index (χ1n) is 6.97. The maximum absolute atomic E-state index is 12.9. The van der Waals surface area contributed by atoms with Gasteiger partial charge in [0.15, 0.2) is 6.10 Å². The van der Waals surface area contributed by atoms with Crippen molar-refractivity contribution in [2.45, 2.75) is 23.8 Å². The fourth-order valence-electron chi connectivity index (χ4n) is 2.65. The van der Waals surface area contributed by atoms with Gasteiger partial charge in [0.1, 0.15) is 10.1 Å². The van der Waals surface area contributed by atoms with E-state index in [1.165, 1.54) is 7.05 Å². The van der Waals surface area contributed by atoms with Crippen LogP contribution in [0.25, 0.3) is 0 Å². The molecule has 0 aromatic heterocycles. The summed E-state index contributed by atoms with van der Waals surface area (Å²) in [4.78, 5) is 26.3. The normalized spacial score (nSPS) is 28.4. The summed E-state index contributed by atoms with van der Waals surface area (Å²) in [6.07, 6.45) is -0.363. The monoisotopic (exact) mass is 342 g/mol. The zero-order valence-corrected chi connectivity index (χ0v) is 13.7. The molecule has 1 aromatic rings. The number of anilines is 1. The minimum atomic E-state index is -1.06. The number of amides is 2. The average molecular weight is 343 g/mol. The van der Waals surface area contributed by atoms with Crippen molar-refractivity contribution in [3.63, 3.8) is 0 Å². The van der Waals surface area contributed by atoms with Gasteiger partial charge in [-0.1, -0.05) is 12.1 Å². The van der Waals surface area contributed by atoms with E-state index in [2.05, 4.69) is 5.32 Å². The Kier molecular flexibility index (Phi) is 3.53. The number of nitrogens with one attached hydrogen (secondary N) is 1. The number of nitrogens with zero attached hydrogens (tertiary/aromatic N) is 1. The lowest BCUT2D eigenvalue weighted by molar-refractivity contribution is -0.128. The van der Waals surface area contributed by atoms with Gasteiger partial charge in [0.25, 0.3) is 5.91 Å². The minimum Gasteiger partial charge on any atom is -0.477 e. The number of ether oxygens (including phenoxy) is 1. The van der Waals surface area contributed by atoms with E-state index in [9.17, 15) is 9.59 Å². The summed E-state index contributed by atoms with van der Waals surface area (Å²) < 4.78 is 4.62. The summed E-state index contributed by atoms with van der Waals surface area (Å²) in [5, 5.41) is 2.54. The van der Waals surface area contributed by atoms with Crippen molar-refractivity contribution >= 4 is 40.7 Å². The second-order valence-corrected chi connectivity index (χ2v) is 7.30. The average Bonchev–Trinajstić information content (AvgIpc) is 3.04. The van der Waals surface area contributed by atoms with E-state index in [0.717, 1.165) is 0 Å². The highest BCUT2D eigenvalue weighted by Gasteiger charge is 2.69. The molecule has 1 fully saturated rings. The van der Waals surface area contributed by atoms with E-state index in [0.29, 0.717) is 17.9 Å². The molecule has 0 bridgehead atoms. The smallest absolute Gasteiger partial charge is 0.262 e. The van der Waals surface area contributed by atoms with Crippen molar-refractivity contribution in [3.8, 4) is 5.75 Å². The molecule has 3 rings (SSSR count). The van der Waals surface area contributed by atoms with Crippen LogP contribution in [0, 0.1) is 5.41 Å². The highest BCUT2D eigenvalue weighted by atomic mass is 35.5. The molecule has 2 aliphatic rings. The Labute approximate surface area is 138 Å². The number of likely N-dealkylation sites (N-methyl/N-ethyl adjacent to an activating group) is 1. The zero-order chi connectivity index (χ0) is 16.1. The van der Waals surface area contributed by atoms with Gasteiger partial charge < -0.3 is 15.0 Å². The van der Waals surface area contributed by atoms with E-state index in [1.807, 2.05) is 6.07 Å². The van der Waals surface area contributed by atoms with Crippen LogP contribution in [0.2, 0.25) is 0 Å². The van der Waals surface area contributed by atoms with Crippen LogP contribution < -0.4 is 15.0 Å². The van der Waals surface area contributed by atoms with Gasteiger partial charge in [-0.3, -0.25) is 9.59 Å². The molecular formula is C15H16Cl2N2O3. The summed E-state index contributed by atoms with van der Waals surface area (Å²) in [7, 11) is 1.53. The Bertz CT molecular complexity index is 649. The number of hydrogen-bond acceptors (Lipinski definition) is 3. The Hall–Kier alpha value is -1.46. The molecule has 1 N–H and O–H groups in total. The summed E-state index contributed by atoms with van der Waals surface area (Å²) in [6.45, 7) is 1.87. The molecule has 0 saturated heterocycles. The number of halogens is 2. The number of hydrogen-bond donors (Lipinski definition) is 1. The molecule has 1 saturated carbocycles. The first-order chi connectivity index (χ1) is 10.3. The third-order valence-electron chi connectivity index (χ3n) is 4.29. The van der Waals surface area contributed by atoms with Crippen LogP contribution in [0.4, 0.5) is 5.69 Å². The number of benzene rings is 1. The molecule has 7 heteroatoms. The van der Waals surface area contributed by atoms with E-state index in [1.54, 1.807) is 30.0 Å². The van der Waals surface area contributed by atoms with Crippen molar-refractivity contribution in [2.75, 3.05) is 18.5 Å². The Morgan fingerprint density at radius 2 is 2.00 bits per heavy atom. The summed E-state index contributed by atoms with van der Waals surface area (Å²) in [5.41, 5.74) is -0.210. The molecule has 1 heterocycles. The Morgan fingerprint density at radius 1 is 1.36 bits per heavy atom. The van der Waals surface area contributed by atoms with Crippen LogP contribution in [0.5, 0.6) is 5.75 Å². The maximum atomic E-state index is 12.9. The van der Waals surface area contributed by atoms with Crippen LogP contribution in [0.1, 0.15) is 13.3 Å². The highest BCUT2D eigenvalue weighted by Crippen LogP contribution is 2.64. The van der Waals surface area contributed by atoms with Crippen molar-refractivity contribution in [1.29, 1.82) is 0 Å². The van der Waals surface area contributed by atoms with Crippen molar-refractivity contribution in [2.24, 2.45) is 5.41 Å². The van der Waals surface area contributed by atoms with Gasteiger partial charge in [0.05, 0.1) is 17.6 Å². The van der Waals surface area contributed by atoms with E-state index < -0.39 is 15.9 Å². The van der Waals surface area contributed by atoms with Crippen LogP contribution in [0.15, 0.2) is 24.3 Å². The fraction of sp³-hybridized carbons (Fsp3) is 0.467. The first-order valence-corrected chi connectivity index (χ1v) is 7.73. The minimum absolute atomic E-state index is 0.134. The van der Waals surface area contributed by atoms with Gasteiger partial charge in [-0.05, 0) is 25.5 Å². The van der Waals surface area contributed by atoms with Crippen molar-refractivity contribution < 1.29 is 14.3 Å². The van der Waals surface area contributed by atoms with Gasteiger partial charge in [0.2, 0.25) is 5.91 Å². The number of alkyl halides is 2. The summed E-state index contributed by atoms with van der Waals surface area (Å²) in [5.74, 6) is 0.0214. The number of carbonyl (C=O) groups excluding carboxylic acids is 2. The third kappa shape index (κ3) is 2.23. The van der Waals surface area contributed by atoms with Crippen LogP contribution in [-0.2, 0) is 9.59 Å². The lowest BCUT2D eigenvalue weighted by Gasteiger charge is -2.35. The van der Waals surface area contributed by atoms with Crippen molar-refractivity contribution in [3.05, 3.63) is 24.3 Å². The number of carbonyl (C=O) groups is 2. The van der Waals surface area contributed by atoms with Gasteiger partial charge in [0, 0.05) is 7.05 Å². The summed E-state index contributed by atoms with van der Waals surface area (Å²) in [6, 6.07) is 7.12. The van der Waals surface area contributed by atoms with Gasteiger partial charge in [-0.15, -0.1) is 23.2 Å². The molecule has 2 atom stereocenters. The lowest BCUT2D eigenvalue weighted by atomic mass is 10.1. The van der Waals surface area contributed by atoms with Crippen LogP contribution >= 0.6 is 23.2 Å². The summed E-state index contributed by atoms with van der Waals surface area (Å²) >= 11 is 12.2. The molecule has 1 aliphatic heterocycles. The van der Waals surface area contributed by atoms with Crippen molar-refractivity contribution in [1.82, 2.24) is 5.32 Å². The SMILES string of the molecule is CNC(=O)[C@@H]1CN(C(=O)[C@]2(C)CC2(Cl)Cl)c2ccccc2O1. The van der Waals surface area contributed by atoms with E-state index in [-0.39, 0.29) is 18.4 Å². The second-order valence-electron chi connectivity index (χ2n) is 5.82. The molecule has 1 aliphatic carbocycles. The highest BCUT2D eigenvalue weighted by molar-refractivity contribution is 6.53. The fourth-order valence-corrected chi connectivity index (χ4v) is 3.35. The molecule has 5 nitrogen and oxygen atoms in total. The van der Waals surface area contributed by atoms with Gasteiger partial charge in [-0.2, -0.15) is 0 Å². The predicted molar refractivity (Wildman–Crippen MR) is 84.4 cm³/mol. The zero-order valence-electron chi connectivity index (χ0n) is 12.2. The standard InChI is InChI=1S/C15H16Cl2N2O3/c1-14(8-15(14,16)17)13(21)19-7-11(12(20)18-2)22-10-6-4-3-5-9(10)19/h3-6,11H,7-8H2,1-2H3,(H,18,20)/t11-,14-/m0/s1. The third-order valence-corrected chi connectivity index (χ3v) is 5.39. The second kappa shape index (κ2) is 5.03. The number of para-hydroxylation sites is 2. The van der Waals surface area contributed by atoms with E-state index >= 15 is 0 Å². The Balaban J connectivity index is 1.96. The molecule has 0 radical (unpaired) electrons. The molecule has 22 heavy (non-hydrogen) atoms. The number of fused-ring (bicyclic) bond motifs is 1. The molecule has 0 spiro atoms. The lowest BCUT2D eigenvalue weighted by Crippen LogP contribution is -2.52. The maximum Gasteiger partial charge on any atom is 0.262 e. The predicted octanol–water partition coefficient (Wildman–Crippen LogP) is 2.11. The molecular weight excluding hydrogens is 327 g/mol. The first kappa shape index (κ1) is 15.4. The molecule has 2 amide bonds. The van der Waals surface area contributed by atoms with Gasteiger partial charge in [-0.25, -0.2) is 0 Å². The largest absolute Gasteiger partial charge is 0.477 e. The van der Waals surface area contributed by atoms with Crippen LogP contribution in [-0.4, -0.2) is 35.8 Å². The van der Waals surface area contributed by atoms with Gasteiger partial charge >= 0.3 is 0 Å². The molecule has 0 unspecified atom stereocenters. The topological polar surface area (TPSA) is 58.6 Å². The molecule has 118 valence electrons. The van der Waals surface area contributed by atoms with E-state index in [4.69, 9.17) is 27.9 Å².